The van der Waals surface area contributed by atoms with Gasteiger partial charge in [0.15, 0.2) is 0 Å². The zero-order valence-corrected chi connectivity index (χ0v) is 10.2. The Morgan fingerprint density at radius 1 is 1.60 bits per heavy atom. The second-order valence-electron chi connectivity index (χ2n) is 3.75. The van der Waals surface area contributed by atoms with Crippen molar-refractivity contribution in [3.05, 3.63) is 27.6 Å². The van der Waals surface area contributed by atoms with Crippen molar-refractivity contribution < 1.29 is 9.90 Å². The van der Waals surface area contributed by atoms with Crippen LogP contribution in [0.3, 0.4) is 0 Å². The molecule has 2 N–H and O–H groups in total. The van der Waals surface area contributed by atoms with Gasteiger partial charge < -0.3 is 10.4 Å². The minimum Gasteiger partial charge on any atom is -0.394 e. The van der Waals surface area contributed by atoms with Crippen molar-refractivity contribution in [2.75, 3.05) is 6.61 Å². The zero-order valence-electron chi connectivity index (χ0n) is 8.03. The Kier molecular flexibility index (Phi) is 2.92. The summed E-state index contributed by atoms with van der Waals surface area (Å²) in [4.78, 5) is 15.7. The number of aliphatic hydroxyl groups excluding tert-OH is 1. The largest absolute Gasteiger partial charge is 0.394 e. The summed E-state index contributed by atoms with van der Waals surface area (Å²) >= 11 is 2.13. The minimum atomic E-state index is -0.373. The topological polar surface area (TPSA) is 62.2 Å². The molecule has 1 fully saturated rings. The molecule has 1 aromatic heterocycles. The van der Waals surface area contributed by atoms with E-state index in [0.29, 0.717) is 5.69 Å². The van der Waals surface area contributed by atoms with Crippen LogP contribution in [0.5, 0.6) is 0 Å². The molecule has 1 aliphatic carbocycles. The lowest BCUT2D eigenvalue weighted by molar-refractivity contribution is 0.0901. The molecule has 1 heterocycles. The van der Waals surface area contributed by atoms with Crippen molar-refractivity contribution in [1.29, 1.82) is 0 Å². The van der Waals surface area contributed by atoms with Crippen LogP contribution in [0.1, 0.15) is 23.3 Å². The molecule has 0 unspecified atom stereocenters. The van der Waals surface area contributed by atoms with Gasteiger partial charge >= 0.3 is 0 Å². The fourth-order valence-electron chi connectivity index (χ4n) is 1.29. The van der Waals surface area contributed by atoms with Crippen LogP contribution in [0.25, 0.3) is 0 Å². The number of carbonyl (C=O) groups is 1. The Bertz CT molecular complexity index is 374. The average Bonchev–Trinajstić information content (AvgIpc) is 2.99. The lowest BCUT2D eigenvalue weighted by Crippen LogP contribution is -2.39. The number of aliphatic hydroxyl groups is 1. The van der Waals surface area contributed by atoms with Gasteiger partial charge in [0.25, 0.3) is 5.91 Å². The maximum atomic E-state index is 11.7. The Morgan fingerprint density at radius 3 is 2.80 bits per heavy atom. The average molecular weight is 318 g/mol. The lowest BCUT2D eigenvalue weighted by atomic mass is 10.2. The van der Waals surface area contributed by atoms with Crippen LogP contribution < -0.4 is 5.32 Å². The summed E-state index contributed by atoms with van der Waals surface area (Å²) in [5, 5.41) is 11.9. The predicted octanol–water partition coefficient (Wildman–Crippen LogP) is 0.941. The van der Waals surface area contributed by atoms with E-state index in [1.165, 1.54) is 0 Å². The second-order valence-corrected chi connectivity index (χ2v) is 5.00. The Balaban J connectivity index is 2.05. The number of rotatable bonds is 3. The van der Waals surface area contributed by atoms with Crippen molar-refractivity contribution in [2.24, 2.45) is 0 Å². The van der Waals surface area contributed by atoms with Gasteiger partial charge in [0.1, 0.15) is 5.69 Å². The van der Waals surface area contributed by atoms with Crippen LogP contribution >= 0.6 is 22.6 Å². The van der Waals surface area contributed by atoms with E-state index in [0.717, 1.165) is 16.4 Å². The summed E-state index contributed by atoms with van der Waals surface area (Å²) in [5.74, 6) is -0.210. The second kappa shape index (κ2) is 4.05. The van der Waals surface area contributed by atoms with E-state index < -0.39 is 0 Å². The normalized spacial score (nSPS) is 17.2. The molecule has 5 heteroatoms. The number of nitrogens with one attached hydrogen (secondary N) is 1. The molecule has 4 nitrogen and oxygen atoms in total. The van der Waals surface area contributed by atoms with Gasteiger partial charge in [-0.3, -0.25) is 4.79 Å². The summed E-state index contributed by atoms with van der Waals surface area (Å²) in [6.07, 6.45) is 3.34. The van der Waals surface area contributed by atoms with Gasteiger partial charge in [0.2, 0.25) is 0 Å². The summed E-state index contributed by atoms with van der Waals surface area (Å²) < 4.78 is 0.993. The van der Waals surface area contributed by atoms with Crippen LogP contribution in [0.4, 0.5) is 0 Å². The quantitative estimate of drug-likeness (QED) is 0.816. The fraction of sp³-hybridized carbons (Fsp3) is 0.400. The van der Waals surface area contributed by atoms with Crippen LogP contribution in [0.2, 0.25) is 0 Å². The van der Waals surface area contributed by atoms with E-state index >= 15 is 0 Å². The van der Waals surface area contributed by atoms with Crippen molar-refractivity contribution in [3.63, 3.8) is 0 Å². The molecular formula is C10H11IN2O2. The lowest BCUT2D eigenvalue weighted by Gasteiger charge is -2.13. The Hall–Kier alpha value is -0.690. The number of aromatic nitrogens is 1. The summed E-state index contributed by atoms with van der Waals surface area (Å²) in [6.45, 7) is 0.00308. The molecule has 0 saturated heterocycles. The van der Waals surface area contributed by atoms with E-state index in [1.54, 1.807) is 12.3 Å². The number of amides is 1. The molecule has 15 heavy (non-hydrogen) atoms. The van der Waals surface area contributed by atoms with E-state index in [2.05, 4.69) is 32.9 Å². The highest BCUT2D eigenvalue weighted by atomic mass is 127. The van der Waals surface area contributed by atoms with E-state index in [-0.39, 0.29) is 18.1 Å². The Labute approximate surface area is 101 Å². The van der Waals surface area contributed by atoms with Gasteiger partial charge in [-0.2, -0.15) is 0 Å². The number of pyridine rings is 1. The standard InChI is InChI=1S/C10H11IN2O2/c11-7-1-2-8(12-5-7)9(15)13-10(6-14)3-4-10/h1-2,5,14H,3-4,6H2,(H,13,15). The van der Waals surface area contributed by atoms with Crippen LogP contribution in [0.15, 0.2) is 18.3 Å². The molecule has 0 radical (unpaired) electrons. The number of hydrogen-bond donors (Lipinski definition) is 2. The number of carbonyl (C=O) groups excluding carboxylic acids is 1. The van der Waals surface area contributed by atoms with Gasteiger partial charge in [-0.25, -0.2) is 4.98 Å². The first-order valence-electron chi connectivity index (χ1n) is 4.70. The SMILES string of the molecule is O=C(NC1(CO)CC1)c1ccc(I)cn1. The van der Waals surface area contributed by atoms with Gasteiger partial charge in [-0.05, 0) is 47.6 Å². The number of hydrogen-bond acceptors (Lipinski definition) is 3. The third-order valence-corrected chi connectivity index (χ3v) is 3.13. The maximum absolute atomic E-state index is 11.7. The predicted molar refractivity (Wildman–Crippen MR) is 63.5 cm³/mol. The summed E-state index contributed by atoms with van der Waals surface area (Å²) in [7, 11) is 0. The first-order valence-corrected chi connectivity index (χ1v) is 5.78. The van der Waals surface area contributed by atoms with Crippen molar-refractivity contribution >= 4 is 28.5 Å². The molecule has 80 valence electrons. The first kappa shape index (κ1) is 10.8. The number of halogens is 1. The summed E-state index contributed by atoms with van der Waals surface area (Å²) in [6, 6.07) is 3.52. The zero-order chi connectivity index (χ0) is 10.9. The highest BCUT2D eigenvalue weighted by molar-refractivity contribution is 14.1. The van der Waals surface area contributed by atoms with Gasteiger partial charge in [0.05, 0.1) is 12.1 Å². The molecule has 1 aliphatic rings. The maximum Gasteiger partial charge on any atom is 0.270 e. The van der Waals surface area contributed by atoms with Crippen LogP contribution in [-0.2, 0) is 0 Å². The number of nitrogens with zero attached hydrogens (tertiary/aromatic N) is 1. The third-order valence-electron chi connectivity index (χ3n) is 2.49. The van der Waals surface area contributed by atoms with E-state index in [1.807, 2.05) is 6.07 Å². The van der Waals surface area contributed by atoms with E-state index in [4.69, 9.17) is 5.11 Å². The minimum absolute atomic E-state index is 0.00308. The van der Waals surface area contributed by atoms with Gasteiger partial charge in [-0.1, -0.05) is 0 Å². The molecule has 1 amide bonds. The molecule has 1 saturated carbocycles. The highest BCUT2D eigenvalue weighted by Gasteiger charge is 2.43. The molecular weight excluding hydrogens is 307 g/mol. The van der Waals surface area contributed by atoms with E-state index in [9.17, 15) is 4.79 Å². The van der Waals surface area contributed by atoms with Crippen LogP contribution in [0, 0.1) is 3.57 Å². The molecule has 0 bridgehead atoms. The summed E-state index contributed by atoms with van der Waals surface area (Å²) in [5.41, 5.74) is 0.0250. The fourth-order valence-corrected chi connectivity index (χ4v) is 1.61. The van der Waals surface area contributed by atoms with Crippen molar-refractivity contribution in [3.8, 4) is 0 Å². The molecule has 0 spiro atoms. The molecule has 0 aromatic carbocycles. The smallest absolute Gasteiger partial charge is 0.270 e. The monoisotopic (exact) mass is 318 g/mol. The van der Waals surface area contributed by atoms with Gasteiger partial charge in [-0.15, -0.1) is 0 Å². The highest BCUT2D eigenvalue weighted by Crippen LogP contribution is 2.34. The molecule has 2 rings (SSSR count). The molecule has 1 aromatic rings. The van der Waals surface area contributed by atoms with Gasteiger partial charge in [0, 0.05) is 9.77 Å². The first-order chi connectivity index (χ1) is 7.15. The van der Waals surface area contributed by atoms with Crippen LogP contribution in [-0.4, -0.2) is 28.1 Å². The Morgan fingerprint density at radius 2 is 2.33 bits per heavy atom. The van der Waals surface area contributed by atoms with Crippen molar-refractivity contribution in [2.45, 2.75) is 18.4 Å². The van der Waals surface area contributed by atoms with Crippen molar-refractivity contribution in [1.82, 2.24) is 10.3 Å². The molecule has 0 atom stereocenters. The third kappa shape index (κ3) is 2.46. The molecule has 0 aliphatic heterocycles.